The molecule has 0 aliphatic carbocycles. The first-order valence-corrected chi connectivity index (χ1v) is 7.85. The second-order valence-corrected chi connectivity index (χ2v) is 5.83. The van der Waals surface area contributed by atoms with Crippen LogP contribution in [0.1, 0.15) is 36.1 Å². The monoisotopic (exact) mass is 308 g/mol. The smallest absolute Gasteiger partial charge is 0.244 e. The van der Waals surface area contributed by atoms with Crippen LogP contribution in [-0.4, -0.2) is 23.3 Å². The number of carbonyl (C=O) groups excluding carboxylic acids is 2. The van der Waals surface area contributed by atoms with Crippen molar-refractivity contribution in [3.05, 3.63) is 65.2 Å². The molecule has 0 radical (unpaired) electrons. The van der Waals surface area contributed by atoms with Gasteiger partial charge < -0.3 is 10.2 Å². The Hall–Kier alpha value is -2.62. The third kappa shape index (κ3) is 2.97. The minimum Gasteiger partial charge on any atom is -0.324 e. The van der Waals surface area contributed by atoms with Crippen LogP contribution < -0.4 is 5.32 Å². The molecular weight excluding hydrogens is 288 g/mol. The number of nitrogens with zero attached hydrogens (tertiary/aromatic N) is 1. The van der Waals surface area contributed by atoms with E-state index in [0.29, 0.717) is 6.42 Å². The summed E-state index contributed by atoms with van der Waals surface area (Å²) in [6.45, 7) is 3.91. The van der Waals surface area contributed by atoms with Crippen molar-refractivity contribution in [1.29, 1.82) is 0 Å². The normalized spacial score (nSPS) is 17.2. The van der Waals surface area contributed by atoms with E-state index < -0.39 is 0 Å². The third-order valence-electron chi connectivity index (χ3n) is 4.14. The van der Waals surface area contributed by atoms with Gasteiger partial charge in [-0.3, -0.25) is 9.59 Å². The maximum Gasteiger partial charge on any atom is 0.244 e. The second-order valence-electron chi connectivity index (χ2n) is 5.83. The zero-order valence-corrected chi connectivity index (χ0v) is 13.4. The number of nitrogens with one attached hydrogen (secondary N) is 1. The molecule has 1 atom stereocenters. The van der Waals surface area contributed by atoms with Gasteiger partial charge in [0, 0.05) is 17.7 Å². The lowest BCUT2D eigenvalue weighted by molar-refractivity contribution is -0.135. The van der Waals surface area contributed by atoms with Crippen molar-refractivity contribution in [2.45, 2.75) is 26.3 Å². The maximum absolute atomic E-state index is 12.5. The summed E-state index contributed by atoms with van der Waals surface area (Å²) in [6, 6.07) is 15.6. The van der Waals surface area contributed by atoms with Crippen molar-refractivity contribution in [2.75, 3.05) is 11.9 Å². The molecule has 4 heteroatoms. The lowest BCUT2D eigenvalue weighted by Crippen LogP contribution is -2.38. The Balaban J connectivity index is 2.21. The molecule has 1 unspecified atom stereocenters. The molecule has 0 bridgehead atoms. The largest absolute Gasteiger partial charge is 0.324 e. The van der Waals surface area contributed by atoms with Crippen molar-refractivity contribution in [2.24, 2.45) is 0 Å². The van der Waals surface area contributed by atoms with Gasteiger partial charge in [-0.05, 0) is 18.6 Å². The van der Waals surface area contributed by atoms with E-state index in [0.717, 1.165) is 22.4 Å². The first kappa shape index (κ1) is 15.3. The Morgan fingerprint density at radius 3 is 2.65 bits per heavy atom. The van der Waals surface area contributed by atoms with Gasteiger partial charge in [0.15, 0.2) is 0 Å². The van der Waals surface area contributed by atoms with Crippen molar-refractivity contribution in [3.8, 4) is 0 Å². The molecule has 2 aromatic rings. The van der Waals surface area contributed by atoms with Crippen LogP contribution in [0.5, 0.6) is 0 Å². The highest BCUT2D eigenvalue weighted by Gasteiger charge is 2.32. The van der Waals surface area contributed by atoms with Crippen LogP contribution in [0.3, 0.4) is 0 Å². The highest BCUT2D eigenvalue weighted by molar-refractivity contribution is 5.97. The molecule has 2 aromatic carbocycles. The zero-order valence-electron chi connectivity index (χ0n) is 13.4. The number of benzene rings is 2. The molecule has 0 aromatic heterocycles. The number of carbonyl (C=O) groups is 2. The Labute approximate surface area is 136 Å². The highest BCUT2D eigenvalue weighted by Crippen LogP contribution is 2.36. The van der Waals surface area contributed by atoms with E-state index in [1.807, 2.05) is 56.3 Å². The SMILES string of the molecule is CCC(=O)N1CC(=O)Nc2ccc(C)cc2C1c1ccccc1. The molecule has 2 amide bonds. The van der Waals surface area contributed by atoms with Gasteiger partial charge in [-0.1, -0.05) is 55.0 Å². The number of anilines is 1. The summed E-state index contributed by atoms with van der Waals surface area (Å²) in [6.07, 6.45) is 0.373. The fraction of sp³-hybridized carbons (Fsp3) is 0.263. The van der Waals surface area contributed by atoms with Crippen LogP contribution in [0.4, 0.5) is 5.69 Å². The number of hydrogen-bond donors (Lipinski definition) is 1. The Morgan fingerprint density at radius 2 is 1.96 bits per heavy atom. The van der Waals surface area contributed by atoms with Gasteiger partial charge in [-0.25, -0.2) is 0 Å². The number of hydrogen-bond acceptors (Lipinski definition) is 2. The predicted octanol–water partition coefficient (Wildman–Crippen LogP) is 3.28. The average molecular weight is 308 g/mol. The standard InChI is InChI=1S/C19H20N2O2/c1-3-18(23)21-12-17(22)20-16-10-9-13(2)11-15(16)19(21)14-7-5-4-6-8-14/h4-11,19H,3,12H2,1-2H3,(H,20,22). The second kappa shape index (κ2) is 6.24. The summed E-state index contributed by atoms with van der Waals surface area (Å²) >= 11 is 0. The molecule has 1 heterocycles. The lowest BCUT2D eigenvalue weighted by Gasteiger charge is -2.30. The molecule has 0 saturated carbocycles. The van der Waals surface area contributed by atoms with Gasteiger partial charge >= 0.3 is 0 Å². The van der Waals surface area contributed by atoms with E-state index in [2.05, 4.69) is 11.4 Å². The molecule has 118 valence electrons. The van der Waals surface area contributed by atoms with Crippen LogP contribution in [0.15, 0.2) is 48.5 Å². The number of fused-ring (bicyclic) bond motifs is 1. The Morgan fingerprint density at radius 1 is 1.22 bits per heavy atom. The van der Waals surface area contributed by atoms with E-state index >= 15 is 0 Å². The van der Waals surface area contributed by atoms with Gasteiger partial charge in [-0.2, -0.15) is 0 Å². The molecule has 4 nitrogen and oxygen atoms in total. The summed E-state index contributed by atoms with van der Waals surface area (Å²) in [5, 5.41) is 2.93. The minimum absolute atomic E-state index is 0.0247. The molecule has 3 rings (SSSR count). The van der Waals surface area contributed by atoms with Crippen LogP contribution >= 0.6 is 0 Å². The molecule has 23 heavy (non-hydrogen) atoms. The summed E-state index contributed by atoms with van der Waals surface area (Å²) in [5.41, 5.74) is 3.85. The Kier molecular flexibility index (Phi) is 4.15. The van der Waals surface area contributed by atoms with Crippen LogP contribution in [0, 0.1) is 6.92 Å². The predicted molar refractivity (Wildman–Crippen MR) is 90.1 cm³/mol. The van der Waals surface area contributed by atoms with Gasteiger partial charge in [-0.15, -0.1) is 0 Å². The van der Waals surface area contributed by atoms with Gasteiger partial charge in [0.05, 0.1) is 6.04 Å². The van der Waals surface area contributed by atoms with Crippen LogP contribution in [-0.2, 0) is 9.59 Å². The first-order chi connectivity index (χ1) is 11.1. The van der Waals surface area contributed by atoms with Crippen LogP contribution in [0.25, 0.3) is 0 Å². The van der Waals surface area contributed by atoms with E-state index in [1.165, 1.54) is 0 Å². The zero-order chi connectivity index (χ0) is 16.4. The van der Waals surface area contributed by atoms with Crippen LogP contribution in [0.2, 0.25) is 0 Å². The number of aryl methyl sites for hydroxylation is 1. The van der Waals surface area contributed by atoms with Crippen molar-refractivity contribution in [3.63, 3.8) is 0 Å². The summed E-state index contributed by atoms with van der Waals surface area (Å²) in [4.78, 5) is 26.4. The fourth-order valence-electron chi connectivity index (χ4n) is 3.06. The first-order valence-electron chi connectivity index (χ1n) is 7.85. The molecule has 1 aliphatic rings. The lowest BCUT2D eigenvalue weighted by atomic mass is 9.94. The van der Waals surface area contributed by atoms with Gasteiger partial charge in [0.2, 0.25) is 11.8 Å². The van der Waals surface area contributed by atoms with Crippen molar-refractivity contribution >= 4 is 17.5 Å². The average Bonchev–Trinajstić information content (AvgIpc) is 2.70. The summed E-state index contributed by atoms with van der Waals surface area (Å²) in [7, 11) is 0. The van der Waals surface area contributed by atoms with Crippen molar-refractivity contribution < 1.29 is 9.59 Å². The molecule has 0 spiro atoms. The summed E-state index contributed by atoms with van der Waals surface area (Å²) in [5.74, 6) is -0.182. The van der Waals surface area contributed by atoms with E-state index in [4.69, 9.17) is 0 Å². The third-order valence-corrected chi connectivity index (χ3v) is 4.14. The number of rotatable bonds is 2. The fourth-order valence-corrected chi connectivity index (χ4v) is 3.06. The molecule has 0 saturated heterocycles. The molecule has 0 fully saturated rings. The minimum atomic E-state index is -0.252. The topological polar surface area (TPSA) is 49.4 Å². The van der Waals surface area contributed by atoms with E-state index in [-0.39, 0.29) is 24.4 Å². The quantitative estimate of drug-likeness (QED) is 0.925. The molecule has 1 aliphatic heterocycles. The Bertz CT molecular complexity index is 740. The summed E-state index contributed by atoms with van der Waals surface area (Å²) < 4.78 is 0. The maximum atomic E-state index is 12.5. The van der Waals surface area contributed by atoms with Crippen molar-refractivity contribution in [1.82, 2.24) is 4.90 Å². The molecule has 1 N–H and O–H groups in total. The highest BCUT2D eigenvalue weighted by atomic mass is 16.2. The van der Waals surface area contributed by atoms with Gasteiger partial charge in [0.25, 0.3) is 0 Å². The number of amides is 2. The van der Waals surface area contributed by atoms with E-state index in [1.54, 1.807) is 4.90 Å². The van der Waals surface area contributed by atoms with Gasteiger partial charge in [0.1, 0.15) is 6.54 Å². The van der Waals surface area contributed by atoms with E-state index in [9.17, 15) is 9.59 Å². The molecular formula is C19H20N2O2.